The molecule has 3 N–H and O–H groups in total. The van der Waals surface area contributed by atoms with Crippen molar-refractivity contribution in [3.8, 4) is 16.3 Å². The van der Waals surface area contributed by atoms with E-state index in [4.69, 9.17) is 9.72 Å². The lowest BCUT2D eigenvalue weighted by Crippen LogP contribution is -2.52. The Bertz CT molecular complexity index is 1790. The molecule has 1 amide bonds. The molecule has 1 fully saturated rings. The van der Waals surface area contributed by atoms with Gasteiger partial charge in [-0.05, 0) is 72.9 Å². The number of rotatable bonds is 10. The van der Waals surface area contributed by atoms with Gasteiger partial charge in [-0.25, -0.2) is 4.98 Å². The van der Waals surface area contributed by atoms with E-state index in [2.05, 4.69) is 35.8 Å². The van der Waals surface area contributed by atoms with Crippen LogP contribution in [-0.2, 0) is 12.8 Å². The lowest BCUT2D eigenvalue weighted by Gasteiger charge is -2.48. The minimum atomic E-state index is -0.822. The fourth-order valence-electron chi connectivity index (χ4n) is 6.72. The summed E-state index contributed by atoms with van der Waals surface area (Å²) in [4.78, 5) is 19.9. The summed E-state index contributed by atoms with van der Waals surface area (Å²) in [5, 5.41) is 21.5. The molecule has 230 valence electrons. The molecule has 5 aromatic rings. The summed E-state index contributed by atoms with van der Waals surface area (Å²) in [7, 11) is 0. The molecule has 3 heterocycles. The monoisotopic (exact) mass is 617 g/mol. The van der Waals surface area contributed by atoms with Crippen LogP contribution in [0.25, 0.3) is 21.5 Å². The van der Waals surface area contributed by atoms with Gasteiger partial charge in [-0.1, -0.05) is 73.7 Å². The van der Waals surface area contributed by atoms with Crippen LogP contribution in [0, 0.1) is 0 Å². The second-order valence-corrected chi connectivity index (χ2v) is 13.4. The van der Waals surface area contributed by atoms with Gasteiger partial charge in [-0.15, -0.1) is 11.3 Å². The Morgan fingerprint density at radius 1 is 1.02 bits per heavy atom. The molecule has 3 aromatic carbocycles. The van der Waals surface area contributed by atoms with Crippen molar-refractivity contribution in [2.75, 3.05) is 6.54 Å². The van der Waals surface area contributed by atoms with Crippen molar-refractivity contribution in [1.29, 1.82) is 0 Å². The summed E-state index contributed by atoms with van der Waals surface area (Å²) in [5.41, 5.74) is 5.46. The minimum Gasteiger partial charge on any atom is -0.487 e. The molecule has 0 saturated heterocycles. The molecule has 1 aliphatic heterocycles. The average Bonchev–Trinajstić information content (AvgIpc) is 3.61. The lowest BCUT2D eigenvalue weighted by molar-refractivity contribution is -0.0382. The predicted molar refractivity (Wildman–Crippen MR) is 181 cm³/mol. The van der Waals surface area contributed by atoms with Gasteiger partial charge in [0.2, 0.25) is 0 Å². The zero-order chi connectivity index (χ0) is 30.8. The van der Waals surface area contributed by atoms with E-state index in [1.165, 1.54) is 12.0 Å². The Kier molecular flexibility index (Phi) is 8.41. The highest BCUT2D eigenvalue weighted by Crippen LogP contribution is 2.49. The number of hydrogen-bond donors (Lipinski definition) is 3. The molecule has 1 aliphatic carbocycles. The van der Waals surface area contributed by atoms with Gasteiger partial charge in [0.05, 0.1) is 33.8 Å². The maximum Gasteiger partial charge on any atom is 0.252 e. The standard InChI is InChI=1S/C38H39N3O3S/c1-2-25-15-16-35-29(20-25)33(23-38(44-35)17-9-18-38)39-24-34(42)31(21-26-10-4-3-5-11-26)41-37(43)28-22-32(36-14-8-19-45-36)40-30-13-7-6-12-27(28)30/h3-8,10-16,19-20,22,31,33-34,39,42H,2,9,17-18,21,23-24H2,1H3,(H,41,43)/t31-,33-,34-/m0/s1. The summed E-state index contributed by atoms with van der Waals surface area (Å²) in [5.74, 6) is 0.731. The van der Waals surface area contributed by atoms with E-state index in [0.717, 1.165) is 64.0 Å². The molecule has 7 rings (SSSR count). The molecule has 45 heavy (non-hydrogen) atoms. The van der Waals surface area contributed by atoms with Crippen LogP contribution in [0.3, 0.4) is 0 Å². The quantitative estimate of drug-likeness (QED) is 0.154. The molecule has 0 radical (unpaired) electrons. The number of carbonyl (C=O) groups is 1. The van der Waals surface area contributed by atoms with Crippen LogP contribution < -0.4 is 15.4 Å². The van der Waals surface area contributed by atoms with Gasteiger partial charge in [0.15, 0.2) is 0 Å². The smallest absolute Gasteiger partial charge is 0.252 e. The van der Waals surface area contributed by atoms with Crippen LogP contribution in [0.1, 0.15) is 65.7 Å². The summed E-state index contributed by atoms with van der Waals surface area (Å²) in [6.45, 7) is 2.50. The number of para-hydroxylation sites is 1. The number of ether oxygens (including phenoxy) is 1. The number of pyridine rings is 1. The van der Waals surface area contributed by atoms with Crippen molar-refractivity contribution in [3.63, 3.8) is 0 Å². The van der Waals surface area contributed by atoms with Gasteiger partial charge in [0.25, 0.3) is 5.91 Å². The van der Waals surface area contributed by atoms with E-state index in [1.54, 1.807) is 11.3 Å². The molecule has 2 aromatic heterocycles. The predicted octanol–water partition coefficient (Wildman–Crippen LogP) is 7.26. The highest BCUT2D eigenvalue weighted by molar-refractivity contribution is 7.13. The minimum absolute atomic E-state index is 0.0702. The SMILES string of the molecule is CCc1ccc2c(c1)[C@@H](NC[C@H](O)[C@H](Cc1ccccc1)NC(=O)c1cc(-c3cccs3)nc3ccccc13)CC1(CCC1)O2. The van der Waals surface area contributed by atoms with Gasteiger partial charge in [0, 0.05) is 30.0 Å². The molecule has 2 aliphatic rings. The Labute approximate surface area is 268 Å². The molecule has 0 unspecified atom stereocenters. The Morgan fingerprint density at radius 3 is 2.60 bits per heavy atom. The number of aryl methyl sites for hydroxylation is 1. The molecule has 6 nitrogen and oxygen atoms in total. The summed E-state index contributed by atoms with van der Waals surface area (Å²) in [6.07, 6.45) is 4.81. The van der Waals surface area contributed by atoms with E-state index >= 15 is 0 Å². The Hall–Kier alpha value is -4.04. The van der Waals surface area contributed by atoms with E-state index in [1.807, 2.05) is 78.2 Å². The fourth-order valence-corrected chi connectivity index (χ4v) is 7.40. The number of aromatic nitrogens is 1. The number of amides is 1. The van der Waals surface area contributed by atoms with Crippen LogP contribution in [0.2, 0.25) is 0 Å². The first-order chi connectivity index (χ1) is 22.0. The van der Waals surface area contributed by atoms with Crippen LogP contribution >= 0.6 is 11.3 Å². The van der Waals surface area contributed by atoms with Crippen LogP contribution in [0.5, 0.6) is 5.75 Å². The zero-order valence-corrected chi connectivity index (χ0v) is 26.4. The van der Waals surface area contributed by atoms with Crippen molar-refractivity contribution in [3.05, 3.63) is 119 Å². The highest BCUT2D eigenvalue weighted by atomic mass is 32.1. The number of carbonyl (C=O) groups excluding carboxylic acids is 1. The first-order valence-corrected chi connectivity index (χ1v) is 16.9. The van der Waals surface area contributed by atoms with Gasteiger partial charge in [-0.2, -0.15) is 0 Å². The molecule has 7 heteroatoms. The number of benzene rings is 3. The maximum absolute atomic E-state index is 14.1. The molecule has 1 spiro atoms. The summed E-state index contributed by atoms with van der Waals surface area (Å²) >= 11 is 1.60. The van der Waals surface area contributed by atoms with E-state index in [0.29, 0.717) is 18.5 Å². The van der Waals surface area contributed by atoms with Crippen molar-refractivity contribution < 1.29 is 14.6 Å². The van der Waals surface area contributed by atoms with E-state index in [9.17, 15) is 9.90 Å². The number of thiophene rings is 1. The fraction of sp³-hybridized carbons (Fsp3) is 0.316. The number of fused-ring (bicyclic) bond motifs is 2. The third-order valence-electron chi connectivity index (χ3n) is 9.41. The largest absolute Gasteiger partial charge is 0.487 e. The van der Waals surface area contributed by atoms with Crippen LogP contribution in [0.4, 0.5) is 0 Å². The number of nitrogens with zero attached hydrogens (tertiary/aromatic N) is 1. The number of hydrogen-bond acceptors (Lipinski definition) is 6. The molecule has 1 saturated carbocycles. The van der Waals surface area contributed by atoms with Gasteiger partial charge < -0.3 is 20.5 Å². The second kappa shape index (κ2) is 12.8. The molecular formula is C38H39N3O3S. The van der Waals surface area contributed by atoms with Crippen molar-refractivity contribution in [2.45, 2.75) is 69.2 Å². The number of aliphatic hydroxyl groups excluding tert-OH is 1. The number of nitrogens with one attached hydrogen (secondary N) is 2. The first-order valence-electron chi connectivity index (χ1n) is 16.0. The molecular weight excluding hydrogens is 579 g/mol. The topological polar surface area (TPSA) is 83.5 Å². The lowest BCUT2D eigenvalue weighted by atomic mass is 9.72. The summed E-state index contributed by atoms with van der Waals surface area (Å²) < 4.78 is 6.53. The molecule has 0 bridgehead atoms. The third-order valence-corrected chi connectivity index (χ3v) is 10.3. The summed E-state index contributed by atoms with van der Waals surface area (Å²) in [6, 6.07) is 29.7. The normalized spacial score (nSPS) is 18.0. The Morgan fingerprint density at radius 2 is 1.84 bits per heavy atom. The highest BCUT2D eigenvalue weighted by Gasteiger charge is 2.45. The maximum atomic E-state index is 14.1. The van der Waals surface area contributed by atoms with E-state index < -0.39 is 12.1 Å². The van der Waals surface area contributed by atoms with E-state index in [-0.39, 0.29) is 17.6 Å². The Balaban J connectivity index is 1.15. The van der Waals surface area contributed by atoms with Crippen molar-refractivity contribution in [1.82, 2.24) is 15.6 Å². The van der Waals surface area contributed by atoms with Crippen molar-refractivity contribution >= 4 is 28.1 Å². The van der Waals surface area contributed by atoms with Crippen LogP contribution in [-0.4, -0.2) is 40.3 Å². The van der Waals surface area contributed by atoms with Crippen LogP contribution in [0.15, 0.2) is 96.4 Å². The average molecular weight is 618 g/mol. The zero-order valence-electron chi connectivity index (χ0n) is 25.5. The second-order valence-electron chi connectivity index (χ2n) is 12.4. The molecule has 3 atom stereocenters. The van der Waals surface area contributed by atoms with Gasteiger partial charge in [-0.3, -0.25) is 4.79 Å². The van der Waals surface area contributed by atoms with Crippen molar-refractivity contribution in [2.24, 2.45) is 0 Å². The third kappa shape index (κ3) is 6.25. The first kappa shape index (κ1) is 29.7. The van der Waals surface area contributed by atoms with Gasteiger partial charge in [0.1, 0.15) is 11.4 Å². The number of aliphatic hydroxyl groups is 1. The van der Waals surface area contributed by atoms with Gasteiger partial charge >= 0.3 is 0 Å².